The molecule has 2 aromatic rings. The molecule has 9 heteroatoms. The van der Waals surface area contributed by atoms with Crippen LogP contribution in [0, 0.1) is 0 Å². The Morgan fingerprint density at radius 2 is 1.92 bits per heavy atom. The van der Waals surface area contributed by atoms with Crippen molar-refractivity contribution < 1.29 is 13.2 Å². The largest absolute Gasteiger partial charge is 0.416 e. The fraction of sp³-hybridized carbons (Fsp3) is 0.412. The highest BCUT2D eigenvalue weighted by molar-refractivity contribution is 14.0. The van der Waals surface area contributed by atoms with Crippen LogP contribution < -0.4 is 10.6 Å². The maximum absolute atomic E-state index is 12.6. The highest BCUT2D eigenvalue weighted by atomic mass is 127. The van der Waals surface area contributed by atoms with Gasteiger partial charge in [-0.25, -0.2) is 9.98 Å². The van der Waals surface area contributed by atoms with Crippen molar-refractivity contribution in [2.24, 2.45) is 4.99 Å². The van der Waals surface area contributed by atoms with Gasteiger partial charge in [0.2, 0.25) is 0 Å². The standard InChI is InChI=1S/C17H22F3N5.HI/c1-2-22-16(23-8-3-10-25-11-9-21-13-25)24-12-14-4-6-15(7-5-14)17(18,19)20;/h4-7,9,11,13H,2-3,8,10,12H2,1H3,(H2,22,23,24);1H. The second-order valence-electron chi connectivity index (χ2n) is 5.47. The third-order valence-electron chi connectivity index (χ3n) is 3.49. The first-order valence-electron chi connectivity index (χ1n) is 8.13. The highest BCUT2D eigenvalue weighted by Gasteiger charge is 2.29. The van der Waals surface area contributed by atoms with Gasteiger partial charge in [-0.05, 0) is 31.0 Å². The first-order valence-corrected chi connectivity index (χ1v) is 8.13. The number of imidazole rings is 1. The second-order valence-corrected chi connectivity index (χ2v) is 5.47. The molecule has 0 fully saturated rings. The average molecular weight is 481 g/mol. The van der Waals surface area contributed by atoms with Crippen LogP contribution in [0.25, 0.3) is 0 Å². The van der Waals surface area contributed by atoms with Crippen molar-refractivity contribution in [1.29, 1.82) is 0 Å². The third-order valence-corrected chi connectivity index (χ3v) is 3.49. The van der Waals surface area contributed by atoms with Crippen molar-refractivity contribution in [1.82, 2.24) is 20.2 Å². The summed E-state index contributed by atoms with van der Waals surface area (Å²) >= 11 is 0. The van der Waals surface area contributed by atoms with E-state index in [9.17, 15) is 13.2 Å². The molecule has 0 aliphatic carbocycles. The van der Waals surface area contributed by atoms with Gasteiger partial charge >= 0.3 is 6.18 Å². The van der Waals surface area contributed by atoms with E-state index in [0.29, 0.717) is 19.0 Å². The van der Waals surface area contributed by atoms with E-state index in [1.807, 2.05) is 17.7 Å². The minimum atomic E-state index is -4.31. The van der Waals surface area contributed by atoms with Crippen molar-refractivity contribution in [3.05, 3.63) is 54.1 Å². The van der Waals surface area contributed by atoms with Gasteiger partial charge in [0.1, 0.15) is 0 Å². The Morgan fingerprint density at radius 1 is 1.19 bits per heavy atom. The Morgan fingerprint density at radius 3 is 2.50 bits per heavy atom. The molecule has 0 unspecified atom stereocenters. The predicted octanol–water partition coefficient (Wildman–Crippen LogP) is 3.67. The van der Waals surface area contributed by atoms with E-state index >= 15 is 0 Å². The molecule has 2 N–H and O–H groups in total. The van der Waals surface area contributed by atoms with Gasteiger partial charge in [-0.15, -0.1) is 24.0 Å². The zero-order chi connectivity index (χ0) is 18.1. The Kier molecular flexibility index (Phi) is 9.46. The van der Waals surface area contributed by atoms with Crippen LogP contribution in [-0.4, -0.2) is 28.6 Å². The van der Waals surface area contributed by atoms with Crippen LogP contribution in [0.2, 0.25) is 0 Å². The number of hydrogen-bond donors (Lipinski definition) is 2. The molecule has 0 spiro atoms. The zero-order valence-electron chi connectivity index (χ0n) is 14.5. The number of aryl methyl sites for hydroxylation is 1. The number of guanidine groups is 1. The number of aliphatic imine (C=N–C) groups is 1. The lowest BCUT2D eigenvalue weighted by atomic mass is 10.1. The summed E-state index contributed by atoms with van der Waals surface area (Å²) in [5.74, 6) is 0.646. The van der Waals surface area contributed by atoms with Crippen molar-refractivity contribution in [2.45, 2.75) is 32.6 Å². The van der Waals surface area contributed by atoms with E-state index in [1.165, 1.54) is 12.1 Å². The molecule has 0 atom stereocenters. The molecule has 0 aliphatic heterocycles. The molecule has 144 valence electrons. The molecule has 26 heavy (non-hydrogen) atoms. The van der Waals surface area contributed by atoms with Gasteiger partial charge in [0.15, 0.2) is 5.96 Å². The lowest BCUT2D eigenvalue weighted by Crippen LogP contribution is -2.38. The number of nitrogens with zero attached hydrogens (tertiary/aromatic N) is 3. The summed E-state index contributed by atoms with van der Waals surface area (Å²) in [6.07, 6.45) is 2.01. The van der Waals surface area contributed by atoms with E-state index in [0.717, 1.165) is 37.2 Å². The molecule has 0 bridgehead atoms. The molecule has 0 radical (unpaired) electrons. The lowest BCUT2D eigenvalue weighted by Gasteiger charge is -2.12. The molecule has 2 rings (SSSR count). The maximum atomic E-state index is 12.6. The predicted molar refractivity (Wildman–Crippen MR) is 107 cm³/mol. The summed E-state index contributed by atoms with van der Waals surface area (Å²) in [4.78, 5) is 8.39. The van der Waals surface area contributed by atoms with Crippen LogP contribution in [0.5, 0.6) is 0 Å². The number of hydrogen-bond acceptors (Lipinski definition) is 2. The normalized spacial score (nSPS) is 11.8. The fourth-order valence-corrected chi connectivity index (χ4v) is 2.20. The van der Waals surface area contributed by atoms with Crippen LogP contribution >= 0.6 is 24.0 Å². The van der Waals surface area contributed by atoms with E-state index in [1.54, 1.807) is 12.5 Å². The number of halogens is 4. The topological polar surface area (TPSA) is 54.2 Å². The Balaban J connectivity index is 0.00000338. The van der Waals surface area contributed by atoms with Gasteiger partial charge in [-0.3, -0.25) is 0 Å². The summed E-state index contributed by atoms with van der Waals surface area (Å²) in [5, 5.41) is 6.34. The number of rotatable bonds is 7. The van der Waals surface area contributed by atoms with Crippen LogP contribution in [0.15, 0.2) is 48.0 Å². The molecule has 1 heterocycles. The summed E-state index contributed by atoms with van der Waals surface area (Å²) in [6, 6.07) is 5.07. The summed E-state index contributed by atoms with van der Waals surface area (Å²) in [7, 11) is 0. The lowest BCUT2D eigenvalue weighted by molar-refractivity contribution is -0.137. The van der Waals surface area contributed by atoms with Crippen molar-refractivity contribution in [3.63, 3.8) is 0 Å². The van der Waals surface area contributed by atoms with Crippen LogP contribution in [-0.2, 0) is 19.3 Å². The highest BCUT2D eigenvalue weighted by Crippen LogP contribution is 2.29. The second kappa shape index (κ2) is 11.0. The van der Waals surface area contributed by atoms with Crippen LogP contribution in [0.1, 0.15) is 24.5 Å². The quantitative estimate of drug-likeness (QED) is 0.275. The third kappa shape index (κ3) is 7.63. The monoisotopic (exact) mass is 481 g/mol. The molecule has 0 aliphatic rings. The van der Waals surface area contributed by atoms with Gasteiger partial charge in [0.25, 0.3) is 0 Å². The molecule has 0 saturated carbocycles. The van der Waals surface area contributed by atoms with E-state index in [2.05, 4.69) is 20.6 Å². The Bertz CT molecular complexity index is 654. The first-order chi connectivity index (χ1) is 12.0. The smallest absolute Gasteiger partial charge is 0.357 e. The minimum absolute atomic E-state index is 0. The summed E-state index contributed by atoms with van der Waals surface area (Å²) in [5.41, 5.74) is 0.0772. The molecular weight excluding hydrogens is 458 g/mol. The minimum Gasteiger partial charge on any atom is -0.357 e. The fourth-order valence-electron chi connectivity index (χ4n) is 2.20. The van der Waals surface area contributed by atoms with Crippen LogP contribution in [0.3, 0.4) is 0 Å². The molecule has 0 amide bonds. The summed E-state index contributed by atoms with van der Waals surface area (Å²) < 4.78 is 39.7. The average Bonchev–Trinajstić information content (AvgIpc) is 3.09. The van der Waals surface area contributed by atoms with Crippen molar-refractivity contribution in [3.8, 4) is 0 Å². The Labute approximate surface area is 168 Å². The van der Waals surface area contributed by atoms with Gasteiger partial charge < -0.3 is 15.2 Å². The van der Waals surface area contributed by atoms with E-state index in [4.69, 9.17) is 0 Å². The van der Waals surface area contributed by atoms with Gasteiger partial charge in [0.05, 0.1) is 18.4 Å². The van der Waals surface area contributed by atoms with E-state index in [-0.39, 0.29) is 24.0 Å². The van der Waals surface area contributed by atoms with Gasteiger partial charge in [-0.2, -0.15) is 13.2 Å². The first kappa shape index (κ1) is 22.3. The van der Waals surface area contributed by atoms with Crippen molar-refractivity contribution in [2.75, 3.05) is 13.1 Å². The van der Waals surface area contributed by atoms with Gasteiger partial charge in [-0.1, -0.05) is 12.1 Å². The molecular formula is C17H23F3IN5. The molecule has 1 aromatic heterocycles. The molecule has 0 saturated heterocycles. The van der Waals surface area contributed by atoms with Gasteiger partial charge in [0, 0.05) is 32.0 Å². The van der Waals surface area contributed by atoms with Crippen molar-refractivity contribution >= 4 is 29.9 Å². The maximum Gasteiger partial charge on any atom is 0.416 e. The number of alkyl halides is 3. The Hall–Kier alpha value is -1.78. The molecule has 5 nitrogen and oxygen atoms in total. The zero-order valence-corrected chi connectivity index (χ0v) is 16.8. The van der Waals surface area contributed by atoms with E-state index < -0.39 is 11.7 Å². The SMILES string of the molecule is CCNC(=NCc1ccc(C(F)(F)F)cc1)NCCCn1ccnc1.I. The van der Waals surface area contributed by atoms with Crippen LogP contribution in [0.4, 0.5) is 13.2 Å². The number of benzene rings is 1. The number of aromatic nitrogens is 2. The number of nitrogens with one attached hydrogen (secondary N) is 2. The molecule has 1 aromatic carbocycles. The summed E-state index contributed by atoms with van der Waals surface area (Å²) in [6.45, 7) is 4.57.